The fraction of sp³-hybridized carbons (Fsp3) is 0.222. The lowest BCUT2D eigenvalue weighted by atomic mass is 10.1. The van der Waals surface area contributed by atoms with E-state index in [0.717, 1.165) is 18.4 Å². The van der Waals surface area contributed by atoms with Crippen LogP contribution in [0.1, 0.15) is 34.8 Å². The van der Waals surface area contributed by atoms with Gasteiger partial charge in [-0.15, -0.1) is 0 Å². The zero-order valence-corrected chi connectivity index (χ0v) is 12.7. The molecule has 0 aromatic heterocycles. The topological polar surface area (TPSA) is 84.2 Å². The molecule has 0 spiro atoms. The Hall–Kier alpha value is -2.82. The Balaban J connectivity index is 1.84. The second-order valence-corrected chi connectivity index (χ2v) is 5.72. The van der Waals surface area contributed by atoms with Crippen LogP contribution in [0.4, 0.5) is 5.69 Å². The fourth-order valence-electron chi connectivity index (χ4n) is 2.39. The van der Waals surface area contributed by atoms with Crippen molar-refractivity contribution in [3.8, 4) is 0 Å². The highest BCUT2D eigenvalue weighted by atomic mass is 16.2. The predicted octanol–water partition coefficient (Wildman–Crippen LogP) is 2.22. The van der Waals surface area contributed by atoms with Gasteiger partial charge in [-0.2, -0.15) is 0 Å². The minimum Gasteiger partial charge on any atom is -0.370 e. The molecule has 5 nitrogen and oxygen atoms in total. The van der Waals surface area contributed by atoms with Crippen molar-refractivity contribution in [1.29, 1.82) is 0 Å². The maximum atomic E-state index is 12.6. The molecule has 0 bridgehead atoms. The van der Waals surface area contributed by atoms with Gasteiger partial charge in [-0.25, -0.2) is 0 Å². The number of hydrogen-bond donors (Lipinski definition) is 3. The Labute approximate surface area is 134 Å². The van der Waals surface area contributed by atoms with Crippen LogP contribution >= 0.6 is 0 Å². The van der Waals surface area contributed by atoms with Crippen LogP contribution < -0.4 is 16.4 Å². The van der Waals surface area contributed by atoms with Crippen molar-refractivity contribution in [2.45, 2.75) is 24.9 Å². The summed E-state index contributed by atoms with van der Waals surface area (Å²) in [4.78, 5) is 23.9. The van der Waals surface area contributed by atoms with E-state index in [9.17, 15) is 9.59 Å². The first-order valence-electron chi connectivity index (χ1n) is 7.65. The van der Waals surface area contributed by atoms with E-state index in [1.165, 1.54) is 0 Å². The van der Waals surface area contributed by atoms with Crippen LogP contribution in [0.5, 0.6) is 0 Å². The van der Waals surface area contributed by atoms with E-state index < -0.39 is 11.9 Å². The van der Waals surface area contributed by atoms with Crippen molar-refractivity contribution >= 4 is 17.5 Å². The largest absolute Gasteiger partial charge is 0.370 e. The highest BCUT2D eigenvalue weighted by Gasteiger charge is 2.28. The molecule has 0 radical (unpaired) electrons. The molecule has 3 rings (SSSR count). The first-order chi connectivity index (χ1) is 11.1. The predicted molar refractivity (Wildman–Crippen MR) is 88.9 cm³/mol. The van der Waals surface area contributed by atoms with Crippen molar-refractivity contribution < 1.29 is 9.59 Å². The van der Waals surface area contributed by atoms with Crippen LogP contribution in [-0.2, 0) is 4.79 Å². The van der Waals surface area contributed by atoms with Crippen LogP contribution in [0.25, 0.3) is 0 Å². The lowest BCUT2D eigenvalue weighted by molar-refractivity contribution is -0.122. The molecule has 1 aliphatic carbocycles. The second-order valence-electron chi connectivity index (χ2n) is 5.72. The van der Waals surface area contributed by atoms with Crippen LogP contribution in [0.15, 0.2) is 54.6 Å². The Morgan fingerprint density at radius 1 is 1.04 bits per heavy atom. The summed E-state index contributed by atoms with van der Waals surface area (Å²) in [5.41, 5.74) is 7.27. The summed E-state index contributed by atoms with van der Waals surface area (Å²) in [6, 6.07) is 16.1. The number of nitrogens with two attached hydrogens (primary N) is 1. The molecule has 1 aliphatic rings. The molecular formula is C18H19N3O2. The molecule has 23 heavy (non-hydrogen) atoms. The van der Waals surface area contributed by atoms with Crippen LogP contribution in [0.2, 0.25) is 0 Å². The number of hydrogen-bond acceptors (Lipinski definition) is 3. The normalized spacial score (nSPS) is 14.8. The maximum Gasteiger partial charge on any atom is 0.248 e. The van der Waals surface area contributed by atoms with E-state index in [4.69, 9.17) is 5.73 Å². The van der Waals surface area contributed by atoms with Crippen molar-refractivity contribution in [2.24, 2.45) is 5.73 Å². The zero-order chi connectivity index (χ0) is 16.2. The molecule has 1 fully saturated rings. The number of primary amides is 1. The molecule has 2 amide bonds. The van der Waals surface area contributed by atoms with E-state index in [-0.39, 0.29) is 11.9 Å². The standard InChI is InChI=1S/C18H19N3O2/c19-17(22)13-7-4-8-15(11-13)20-16(12-5-2-1-3-6-12)18(23)21-14-9-10-14/h1-8,11,14,16,20H,9-10H2,(H2,19,22)(H,21,23)/t16-/m0/s1. The molecule has 1 saturated carbocycles. The van der Waals surface area contributed by atoms with Crippen LogP contribution in [-0.4, -0.2) is 17.9 Å². The summed E-state index contributed by atoms with van der Waals surface area (Å²) < 4.78 is 0. The second kappa shape index (κ2) is 6.52. The summed E-state index contributed by atoms with van der Waals surface area (Å²) in [6.45, 7) is 0. The van der Waals surface area contributed by atoms with Gasteiger partial charge in [0.1, 0.15) is 6.04 Å². The van der Waals surface area contributed by atoms with E-state index in [2.05, 4.69) is 10.6 Å². The third-order valence-electron chi connectivity index (χ3n) is 3.78. The number of carbonyl (C=O) groups is 2. The summed E-state index contributed by atoms with van der Waals surface area (Å²) in [5.74, 6) is -0.560. The van der Waals surface area contributed by atoms with Crippen LogP contribution in [0, 0.1) is 0 Å². The summed E-state index contributed by atoms with van der Waals surface area (Å²) in [7, 11) is 0. The molecule has 4 N–H and O–H groups in total. The van der Waals surface area contributed by atoms with Gasteiger partial charge in [0.15, 0.2) is 0 Å². The molecule has 0 saturated heterocycles. The third-order valence-corrected chi connectivity index (χ3v) is 3.78. The monoisotopic (exact) mass is 309 g/mol. The minimum atomic E-state index is -0.514. The van der Waals surface area contributed by atoms with E-state index >= 15 is 0 Å². The Bertz CT molecular complexity index is 711. The number of carbonyl (C=O) groups excluding carboxylic acids is 2. The Morgan fingerprint density at radius 2 is 1.78 bits per heavy atom. The molecule has 5 heteroatoms. The van der Waals surface area contributed by atoms with Gasteiger partial charge < -0.3 is 16.4 Å². The van der Waals surface area contributed by atoms with Gasteiger partial charge in [0.2, 0.25) is 11.8 Å². The van der Waals surface area contributed by atoms with Gasteiger partial charge in [0, 0.05) is 17.3 Å². The third kappa shape index (κ3) is 3.88. The lowest BCUT2D eigenvalue weighted by Crippen LogP contribution is -2.34. The molecular weight excluding hydrogens is 290 g/mol. The molecule has 0 heterocycles. The van der Waals surface area contributed by atoms with E-state index in [1.807, 2.05) is 36.4 Å². The van der Waals surface area contributed by atoms with Crippen molar-refractivity contribution in [3.63, 3.8) is 0 Å². The van der Waals surface area contributed by atoms with Crippen molar-refractivity contribution in [1.82, 2.24) is 5.32 Å². The quantitative estimate of drug-likeness (QED) is 0.765. The zero-order valence-electron chi connectivity index (χ0n) is 12.7. The highest BCUT2D eigenvalue weighted by Crippen LogP contribution is 2.24. The van der Waals surface area contributed by atoms with E-state index in [1.54, 1.807) is 18.2 Å². The molecule has 1 atom stereocenters. The summed E-state index contributed by atoms with van der Waals surface area (Å²) >= 11 is 0. The smallest absolute Gasteiger partial charge is 0.248 e. The van der Waals surface area contributed by atoms with Crippen LogP contribution in [0.3, 0.4) is 0 Å². The van der Waals surface area contributed by atoms with Gasteiger partial charge in [0.25, 0.3) is 0 Å². The Kier molecular flexibility index (Phi) is 4.28. The highest BCUT2D eigenvalue weighted by molar-refractivity contribution is 5.94. The average molecular weight is 309 g/mol. The minimum absolute atomic E-state index is 0.0665. The molecule has 0 aliphatic heterocycles. The molecule has 118 valence electrons. The fourth-order valence-corrected chi connectivity index (χ4v) is 2.39. The van der Waals surface area contributed by atoms with E-state index in [0.29, 0.717) is 11.3 Å². The SMILES string of the molecule is NC(=O)c1cccc(N[C@H](C(=O)NC2CC2)c2ccccc2)c1. The summed E-state index contributed by atoms with van der Waals surface area (Å²) in [5, 5.41) is 6.22. The van der Waals surface area contributed by atoms with Gasteiger partial charge in [-0.05, 0) is 36.6 Å². The van der Waals surface area contributed by atoms with Gasteiger partial charge in [-0.3, -0.25) is 9.59 Å². The molecule has 2 aromatic rings. The number of anilines is 1. The number of benzene rings is 2. The first-order valence-corrected chi connectivity index (χ1v) is 7.65. The number of nitrogens with one attached hydrogen (secondary N) is 2. The number of rotatable bonds is 6. The van der Waals surface area contributed by atoms with Crippen molar-refractivity contribution in [3.05, 3.63) is 65.7 Å². The van der Waals surface area contributed by atoms with Crippen molar-refractivity contribution in [2.75, 3.05) is 5.32 Å². The maximum absolute atomic E-state index is 12.6. The average Bonchev–Trinajstić information content (AvgIpc) is 3.37. The van der Waals surface area contributed by atoms with Gasteiger partial charge in [-0.1, -0.05) is 36.4 Å². The summed E-state index contributed by atoms with van der Waals surface area (Å²) in [6.07, 6.45) is 2.06. The van der Waals surface area contributed by atoms with Gasteiger partial charge in [0.05, 0.1) is 0 Å². The first kappa shape index (κ1) is 15.1. The number of amides is 2. The molecule has 0 unspecified atom stereocenters. The molecule has 2 aromatic carbocycles. The van der Waals surface area contributed by atoms with Gasteiger partial charge >= 0.3 is 0 Å². The Morgan fingerprint density at radius 3 is 2.43 bits per heavy atom. The lowest BCUT2D eigenvalue weighted by Gasteiger charge is -2.20.